The summed E-state index contributed by atoms with van der Waals surface area (Å²) in [7, 11) is 0. The zero-order valence-electron chi connectivity index (χ0n) is 11.5. The quantitative estimate of drug-likeness (QED) is 0.531. The third kappa shape index (κ3) is 8.76. The fraction of sp³-hybridized carbons (Fsp3) is 0.533. The number of aliphatic carboxylic acids is 1. The molecule has 1 N–H and O–H groups in total. The van der Waals surface area contributed by atoms with Crippen molar-refractivity contribution in [3.05, 3.63) is 35.5 Å². The van der Waals surface area contributed by atoms with Crippen molar-refractivity contribution in [2.24, 2.45) is 0 Å². The van der Waals surface area contributed by atoms with Crippen LogP contribution in [0.5, 0.6) is 0 Å². The van der Waals surface area contributed by atoms with Crippen LogP contribution < -0.4 is 5.11 Å². The molecular weight excluding hydrogens is 228 g/mol. The molecule has 0 aromatic heterocycles. The Morgan fingerprint density at radius 2 is 1.89 bits per heavy atom. The highest BCUT2D eigenvalue weighted by atomic mass is 16.4. The van der Waals surface area contributed by atoms with Crippen molar-refractivity contribution < 1.29 is 15.0 Å². The molecule has 0 radical (unpaired) electrons. The van der Waals surface area contributed by atoms with Gasteiger partial charge >= 0.3 is 0 Å². The molecule has 1 unspecified atom stereocenters. The first-order valence-electron chi connectivity index (χ1n) is 6.20. The third-order valence-corrected chi connectivity index (χ3v) is 2.78. The number of allylic oxidation sites excluding steroid dienone is 3. The number of rotatable bonds is 8. The minimum atomic E-state index is -1.14. The molecule has 102 valence electrons. The van der Waals surface area contributed by atoms with E-state index in [0.717, 1.165) is 30.1 Å². The minimum absolute atomic E-state index is 0.437. The van der Waals surface area contributed by atoms with E-state index in [4.69, 9.17) is 0 Å². The lowest BCUT2D eigenvalue weighted by Crippen LogP contribution is -2.19. The zero-order chi connectivity index (χ0) is 14.1. The molecule has 0 heterocycles. The van der Waals surface area contributed by atoms with Crippen molar-refractivity contribution in [2.45, 2.75) is 52.6 Å². The second kappa shape index (κ2) is 8.70. The predicted molar refractivity (Wildman–Crippen MR) is 71.8 cm³/mol. The molecule has 0 aliphatic heterocycles. The van der Waals surface area contributed by atoms with Crippen LogP contribution in [0.25, 0.3) is 0 Å². The lowest BCUT2D eigenvalue weighted by molar-refractivity contribution is -0.297. The van der Waals surface area contributed by atoms with Gasteiger partial charge in [-0.3, -0.25) is 0 Å². The summed E-state index contributed by atoms with van der Waals surface area (Å²) in [5, 5.41) is 19.9. The molecule has 0 amide bonds. The van der Waals surface area contributed by atoms with Crippen molar-refractivity contribution in [3.8, 4) is 0 Å². The largest absolute Gasteiger partial charge is 0.545 e. The molecule has 0 saturated heterocycles. The highest BCUT2D eigenvalue weighted by molar-refractivity contribution is 5.78. The smallest absolute Gasteiger partial charge is 0.0747 e. The average Bonchev–Trinajstić information content (AvgIpc) is 2.24. The van der Waals surface area contributed by atoms with Gasteiger partial charge in [0.15, 0.2) is 0 Å². The number of carbonyl (C=O) groups is 1. The lowest BCUT2D eigenvalue weighted by atomic mass is 10.0. The van der Waals surface area contributed by atoms with E-state index in [2.05, 4.69) is 12.7 Å². The van der Waals surface area contributed by atoms with Gasteiger partial charge in [-0.25, -0.2) is 0 Å². The molecule has 0 rings (SSSR count). The molecule has 1 atom stereocenters. The first-order valence-corrected chi connectivity index (χ1v) is 6.20. The summed E-state index contributed by atoms with van der Waals surface area (Å²) < 4.78 is 0. The summed E-state index contributed by atoms with van der Waals surface area (Å²) >= 11 is 0. The summed E-state index contributed by atoms with van der Waals surface area (Å²) in [5.41, 5.74) is 2.80. The average molecular weight is 251 g/mol. The van der Waals surface area contributed by atoms with Crippen LogP contribution in [-0.4, -0.2) is 17.2 Å². The summed E-state index contributed by atoms with van der Waals surface area (Å²) in [6.45, 7) is 9.32. The van der Waals surface area contributed by atoms with Crippen molar-refractivity contribution in [1.82, 2.24) is 0 Å². The molecule has 3 nitrogen and oxygen atoms in total. The van der Waals surface area contributed by atoms with Gasteiger partial charge in [-0.1, -0.05) is 29.4 Å². The fourth-order valence-electron chi connectivity index (χ4n) is 1.53. The van der Waals surface area contributed by atoms with E-state index in [0.29, 0.717) is 12.8 Å². The molecule has 3 heteroatoms. The van der Waals surface area contributed by atoms with Crippen LogP contribution in [0, 0.1) is 0 Å². The SMILES string of the molecule is C=C(C)C(O)CC/C(C)=C/CC/C(C)=C/C(=O)[O-]. The Bertz CT molecular complexity index is 351. The topological polar surface area (TPSA) is 60.4 Å². The van der Waals surface area contributed by atoms with Gasteiger partial charge in [-0.05, 0) is 52.5 Å². The Morgan fingerprint density at radius 1 is 1.28 bits per heavy atom. The van der Waals surface area contributed by atoms with E-state index >= 15 is 0 Å². The van der Waals surface area contributed by atoms with E-state index in [1.54, 1.807) is 6.92 Å². The molecule has 0 fully saturated rings. The monoisotopic (exact) mass is 251 g/mol. The van der Waals surface area contributed by atoms with Gasteiger partial charge in [0.1, 0.15) is 0 Å². The molecule has 0 aliphatic carbocycles. The first kappa shape index (κ1) is 16.6. The van der Waals surface area contributed by atoms with Gasteiger partial charge in [-0.2, -0.15) is 0 Å². The Hall–Kier alpha value is -1.35. The van der Waals surface area contributed by atoms with Gasteiger partial charge in [0.25, 0.3) is 0 Å². The second-order valence-electron chi connectivity index (χ2n) is 4.80. The zero-order valence-corrected chi connectivity index (χ0v) is 11.5. The van der Waals surface area contributed by atoms with E-state index < -0.39 is 12.1 Å². The van der Waals surface area contributed by atoms with Crippen LogP contribution in [0.3, 0.4) is 0 Å². The standard InChI is InChI=1S/C15H24O3/c1-11(2)14(16)9-8-12(3)6-5-7-13(4)10-15(17)18/h6,10,14,16H,1,5,7-9H2,2-4H3,(H,17,18)/p-1/b12-6+,13-10+. The van der Waals surface area contributed by atoms with Crippen LogP contribution in [-0.2, 0) is 4.79 Å². The number of aliphatic hydroxyl groups excluding tert-OH is 1. The highest BCUT2D eigenvalue weighted by Crippen LogP contribution is 2.13. The number of hydrogen-bond donors (Lipinski definition) is 1. The molecule has 0 aliphatic rings. The third-order valence-electron chi connectivity index (χ3n) is 2.78. The van der Waals surface area contributed by atoms with Gasteiger partial charge < -0.3 is 15.0 Å². The van der Waals surface area contributed by atoms with E-state index in [1.807, 2.05) is 13.8 Å². The molecule has 0 saturated carbocycles. The second-order valence-corrected chi connectivity index (χ2v) is 4.80. The molecular formula is C15H23O3-. The van der Waals surface area contributed by atoms with Gasteiger partial charge in [0, 0.05) is 0 Å². The van der Waals surface area contributed by atoms with Gasteiger partial charge in [0.05, 0.1) is 12.1 Å². The maximum absolute atomic E-state index is 10.3. The Balaban J connectivity index is 3.98. The summed E-state index contributed by atoms with van der Waals surface area (Å²) in [4.78, 5) is 10.3. The molecule has 0 bridgehead atoms. The number of aliphatic hydroxyl groups is 1. The number of carbonyl (C=O) groups excluding carboxylic acids is 1. The van der Waals surface area contributed by atoms with E-state index in [-0.39, 0.29) is 0 Å². The van der Waals surface area contributed by atoms with Crippen LogP contribution in [0.1, 0.15) is 46.5 Å². The van der Waals surface area contributed by atoms with Crippen molar-refractivity contribution >= 4 is 5.97 Å². The Morgan fingerprint density at radius 3 is 2.39 bits per heavy atom. The maximum Gasteiger partial charge on any atom is 0.0747 e. The first-order chi connectivity index (χ1) is 8.32. The normalized spacial score (nSPS) is 14.4. The lowest BCUT2D eigenvalue weighted by Gasteiger charge is -2.09. The van der Waals surface area contributed by atoms with E-state index in [1.165, 1.54) is 5.57 Å². The molecule has 0 aromatic rings. The maximum atomic E-state index is 10.3. The van der Waals surface area contributed by atoms with Crippen molar-refractivity contribution in [2.75, 3.05) is 0 Å². The Kier molecular flexibility index (Phi) is 8.05. The van der Waals surface area contributed by atoms with Crippen molar-refractivity contribution in [1.29, 1.82) is 0 Å². The fourth-order valence-corrected chi connectivity index (χ4v) is 1.53. The van der Waals surface area contributed by atoms with Crippen LogP contribution >= 0.6 is 0 Å². The van der Waals surface area contributed by atoms with Crippen LogP contribution in [0.2, 0.25) is 0 Å². The minimum Gasteiger partial charge on any atom is -0.545 e. The van der Waals surface area contributed by atoms with Crippen LogP contribution in [0.15, 0.2) is 35.5 Å². The number of carboxylic acids is 1. The predicted octanol–water partition coefficient (Wildman–Crippen LogP) is 2.13. The highest BCUT2D eigenvalue weighted by Gasteiger charge is 2.03. The Labute approximate surface area is 110 Å². The van der Waals surface area contributed by atoms with Gasteiger partial charge in [0.2, 0.25) is 0 Å². The number of carboxylic acid groups (broad SMARTS) is 1. The molecule has 0 aromatic carbocycles. The van der Waals surface area contributed by atoms with Crippen LogP contribution in [0.4, 0.5) is 0 Å². The summed E-state index contributed by atoms with van der Waals surface area (Å²) in [6.07, 6.45) is 5.82. The molecule has 18 heavy (non-hydrogen) atoms. The summed E-state index contributed by atoms with van der Waals surface area (Å²) in [5.74, 6) is -1.14. The molecule has 0 spiro atoms. The summed E-state index contributed by atoms with van der Waals surface area (Å²) in [6, 6.07) is 0. The van der Waals surface area contributed by atoms with Gasteiger partial charge in [-0.15, -0.1) is 0 Å². The van der Waals surface area contributed by atoms with E-state index in [9.17, 15) is 15.0 Å². The number of hydrogen-bond acceptors (Lipinski definition) is 3. The van der Waals surface area contributed by atoms with Crippen molar-refractivity contribution in [3.63, 3.8) is 0 Å².